The van der Waals surface area contributed by atoms with Crippen LogP contribution in [0.15, 0.2) is 60.7 Å². The maximum atomic E-state index is 12.7. The molecule has 27 heavy (non-hydrogen) atoms. The second-order valence-corrected chi connectivity index (χ2v) is 6.93. The quantitative estimate of drug-likeness (QED) is 0.802. The SMILES string of the molecule is C[C@@H](NC(=O)[C@H](C)N1C(=O)CCC1=O)C(c1ccccc1)c1ccccc1. The molecule has 5 heteroatoms. The standard InChI is InChI=1S/C22H24N2O3/c1-15(23-22(27)16(2)24-19(25)13-14-20(24)26)21(17-9-5-3-6-10-17)18-11-7-4-8-12-18/h3-12,15-16,21H,13-14H2,1-2H3,(H,23,27)/t15-,16+/m1/s1. The minimum Gasteiger partial charge on any atom is -0.351 e. The van der Waals surface area contributed by atoms with Gasteiger partial charge in [-0.15, -0.1) is 0 Å². The summed E-state index contributed by atoms with van der Waals surface area (Å²) in [6.07, 6.45) is 0.366. The van der Waals surface area contributed by atoms with E-state index in [9.17, 15) is 14.4 Å². The molecule has 140 valence electrons. The summed E-state index contributed by atoms with van der Waals surface area (Å²) in [5.41, 5.74) is 2.19. The summed E-state index contributed by atoms with van der Waals surface area (Å²) in [5, 5.41) is 3.01. The largest absolute Gasteiger partial charge is 0.351 e. The van der Waals surface area contributed by atoms with Crippen LogP contribution in [0.3, 0.4) is 0 Å². The number of carbonyl (C=O) groups is 3. The zero-order valence-electron chi connectivity index (χ0n) is 15.6. The third-order valence-electron chi connectivity index (χ3n) is 5.04. The summed E-state index contributed by atoms with van der Waals surface area (Å²) in [6, 6.07) is 19.0. The molecule has 2 aromatic rings. The molecule has 0 bridgehead atoms. The van der Waals surface area contributed by atoms with Crippen LogP contribution in [-0.4, -0.2) is 34.7 Å². The van der Waals surface area contributed by atoms with Crippen molar-refractivity contribution in [2.24, 2.45) is 0 Å². The first-order valence-electron chi connectivity index (χ1n) is 9.24. The molecule has 0 aromatic heterocycles. The normalized spacial score (nSPS) is 16.5. The highest BCUT2D eigenvalue weighted by Gasteiger charge is 2.37. The van der Waals surface area contributed by atoms with Crippen molar-refractivity contribution >= 4 is 17.7 Å². The number of nitrogens with zero attached hydrogens (tertiary/aromatic N) is 1. The Morgan fingerprint density at radius 1 is 0.852 bits per heavy atom. The van der Waals surface area contributed by atoms with Gasteiger partial charge >= 0.3 is 0 Å². The van der Waals surface area contributed by atoms with Gasteiger partial charge in [0.05, 0.1) is 0 Å². The van der Waals surface area contributed by atoms with Gasteiger partial charge in [0.1, 0.15) is 6.04 Å². The summed E-state index contributed by atoms with van der Waals surface area (Å²) < 4.78 is 0. The molecule has 1 aliphatic rings. The van der Waals surface area contributed by atoms with Crippen molar-refractivity contribution in [1.29, 1.82) is 0 Å². The van der Waals surface area contributed by atoms with Crippen molar-refractivity contribution in [3.8, 4) is 0 Å². The number of hydrogen-bond acceptors (Lipinski definition) is 3. The Kier molecular flexibility index (Phi) is 5.69. The third-order valence-corrected chi connectivity index (χ3v) is 5.04. The van der Waals surface area contributed by atoms with E-state index in [-0.39, 0.29) is 42.5 Å². The van der Waals surface area contributed by atoms with Gasteiger partial charge in [-0.25, -0.2) is 0 Å². The number of nitrogens with one attached hydrogen (secondary N) is 1. The molecule has 1 heterocycles. The minimum absolute atomic E-state index is 0.0338. The molecule has 2 aromatic carbocycles. The van der Waals surface area contributed by atoms with Gasteiger partial charge in [0, 0.05) is 24.8 Å². The van der Waals surface area contributed by atoms with Crippen LogP contribution in [0.2, 0.25) is 0 Å². The number of benzene rings is 2. The monoisotopic (exact) mass is 364 g/mol. The number of hydrogen-bond donors (Lipinski definition) is 1. The molecule has 0 radical (unpaired) electrons. The van der Waals surface area contributed by atoms with Crippen LogP contribution in [0, 0.1) is 0 Å². The van der Waals surface area contributed by atoms with Crippen LogP contribution < -0.4 is 5.32 Å². The highest BCUT2D eigenvalue weighted by atomic mass is 16.2. The summed E-state index contributed by atoms with van der Waals surface area (Å²) in [5.74, 6) is -0.910. The highest BCUT2D eigenvalue weighted by molar-refractivity contribution is 6.05. The molecule has 0 spiro atoms. The number of carbonyl (C=O) groups excluding carboxylic acids is 3. The molecule has 5 nitrogen and oxygen atoms in total. The average molecular weight is 364 g/mol. The number of amides is 3. The van der Waals surface area contributed by atoms with Gasteiger partial charge in [-0.3, -0.25) is 19.3 Å². The minimum atomic E-state index is -0.804. The zero-order chi connectivity index (χ0) is 19.4. The molecule has 1 saturated heterocycles. The van der Waals surface area contributed by atoms with E-state index in [2.05, 4.69) is 5.32 Å². The van der Waals surface area contributed by atoms with E-state index < -0.39 is 6.04 Å². The molecule has 0 aliphatic carbocycles. The predicted octanol–water partition coefficient (Wildman–Crippen LogP) is 2.86. The van der Waals surface area contributed by atoms with Crippen LogP contribution in [0.4, 0.5) is 0 Å². The third kappa shape index (κ3) is 4.08. The lowest BCUT2D eigenvalue weighted by Crippen LogP contribution is -2.50. The molecule has 2 atom stereocenters. The first kappa shape index (κ1) is 18.8. The smallest absolute Gasteiger partial charge is 0.243 e. The number of imide groups is 1. The van der Waals surface area contributed by atoms with Crippen molar-refractivity contribution in [1.82, 2.24) is 10.2 Å². The number of rotatable bonds is 6. The Bertz CT molecular complexity index is 764. The lowest BCUT2D eigenvalue weighted by molar-refractivity contribution is -0.146. The predicted molar refractivity (Wildman–Crippen MR) is 103 cm³/mol. The summed E-state index contributed by atoms with van der Waals surface area (Å²) in [7, 11) is 0. The van der Waals surface area contributed by atoms with Gasteiger partial charge in [-0.05, 0) is 25.0 Å². The number of likely N-dealkylation sites (tertiary alicyclic amines) is 1. The average Bonchev–Trinajstić information content (AvgIpc) is 3.01. The van der Waals surface area contributed by atoms with Crippen molar-refractivity contribution in [3.63, 3.8) is 0 Å². The molecule has 1 N–H and O–H groups in total. The Balaban J connectivity index is 1.80. The summed E-state index contributed by atoms with van der Waals surface area (Å²) >= 11 is 0. The Morgan fingerprint density at radius 3 is 1.74 bits per heavy atom. The van der Waals surface area contributed by atoms with E-state index in [1.807, 2.05) is 67.6 Å². The van der Waals surface area contributed by atoms with Gasteiger partial charge in [0.15, 0.2) is 0 Å². The fourth-order valence-electron chi connectivity index (χ4n) is 3.66. The Morgan fingerprint density at radius 2 is 1.30 bits per heavy atom. The van der Waals surface area contributed by atoms with Gasteiger partial charge < -0.3 is 5.32 Å². The highest BCUT2D eigenvalue weighted by Crippen LogP contribution is 2.28. The van der Waals surface area contributed by atoms with Crippen LogP contribution in [0.25, 0.3) is 0 Å². The molecule has 3 rings (SSSR count). The van der Waals surface area contributed by atoms with Crippen molar-refractivity contribution in [3.05, 3.63) is 71.8 Å². The fraction of sp³-hybridized carbons (Fsp3) is 0.318. The van der Waals surface area contributed by atoms with Gasteiger partial charge in [0.25, 0.3) is 0 Å². The lowest BCUT2D eigenvalue weighted by atomic mass is 9.85. The first-order chi connectivity index (χ1) is 13.0. The molecule has 1 aliphatic heterocycles. The van der Waals surface area contributed by atoms with Crippen LogP contribution in [-0.2, 0) is 14.4 Å². The van der Waals surface area contributed by atoms with Gasteiger partial charge in [-0.2, -0.15) is 0 Å². The van der Waals surface area contributed by atoms with E-state index in [1.54, 1.807) is 6.92 Å². The molecule has 3 amide bonds. The first-order valence-corrected chi connectivity index (χ1v) is 9.24. The Labute approximate surface area is 159 Å². The van der Waals surface area contributed by atoms with E-state index >= 15 is 0 Å². The molecular weight excluding hydrogens is 340 g/mol. The summed E-state index contributed by atoms with van der Waals surface area (Å²) in [4.78, 5) is 37.7. The maximum Gasteiger partial charge on any atom is 0.243 e. The Hall–Kier alpha value is -2.95. The van der Waals surface area contributed by atoms with Gasteiger partial charge in [0.2, 0.25) is 17.7 Å². The van der Waals surface area contributed by atoms with Crippen LogP contribution >= 0.6 is 0 Å². The van der Waals surface area contributed by atoms with Crippen LogP contribution in [0.5, 0.6) is 0 Å². The van der Waals surface area contributed by atoms with E-state index in [4.69, 9.17) is 0 Å². The second-order valence-electron chi connectivity index (χ2n) is 6.93. The van der Waals surface area contributed by atoms with E-state index in [0.717, 1.165) is 16.0 Å². The van der Waals surface area contributed by atoms with Crippen molar-refractivity contribution in [2.45, 2.75) is 44.7 Å². The lowest BCUT2D eigenvalue weighted by Gasteiger charge is -2.29. The maximum absolute atomic E-state index is 12.7. The van der Waals surface area contributed by atoms with E-state index in [1.165, 1.54) is 0 Å². The fourth-order valence-corrected chi connectivity index (χ4v) is 3.66. The van der Waals surface area contributed by atoms with Gasteiger partial charge in [-0.1, -0.05) is 60.7 Å². The topological polar surface area (TPSA) is 66.5 Å². The van der Waals surface area contributed by atoms with E-state index in [0.29, 0.717) is 0 Å². The molecule has 0 saturated carbocycles. The van der Waals surface area contributed by atoms with Crippen molar-refractivity contribution in [2.75, 3.05) is 0 Å². The molecule has 1 fully saturated rings. The van der Waals surface area contributed by atoms with Crippen molar-refractivity contribution < 1.29 is 14.4 Å². The molecule has 0 unspecified atom stereocenters. The molecular formula is C22H24N2O3. The zero-order valence-corrected chi connectivity index (χ0v) is 15.6. The second kappa shape index (κ2) is 8.16. The summed E-state index contributed by atoms with van der Waals surface area (Å²) in [6.45, 7) is 3.55. The van der Waals surface area contributed by atoms with Crippen LogP contribution in [0.1, 0.15) is 43.7 Å².